The molecule has 0 saturated carbocycles. The van der Waals surface area contributed by atoms with E-state index in [0.29, 0.717) is 4.90 Å². The summed E-state index contributed by atoms with van der Waals surface area (Å²) in [6.45, 7) is 7.92. The second-order valence-corrected chi connectivity index (χ2v) is 7.07. The minimum absolute atomic E-state index is 0.0127. The third-order valence-electron chi connectivity index (χ3n) is 3.72. The molecule has 4 heteroatoms. The number of benzene rings is 1. The van der Waals surface area contributed by atoms with Crippen molar-refractivity contribution < 1.29 is 8.42 Å². The van der Waals surface area contributed by atoms with Crippen molar-refractivity contribution in [2.24, 2.45) is 0 Å². The van der Waals surface area contributed by atoms with E-state index in [1.54, 1.807) is 16.4 Å². The second kappa shape index (κ2) is 5.10. The summed E-state index contributed by atoms with van der Waals surface area (Å²) >= 11 is 0. The van der Waals surface area contributed by atoms with Crippen LogP contribution < -0.4 is 0 Å². The second-order valence-electron chi connectivity index (χ2n) is 5.22. The molecule has 2 atom stereocenters. The van der Waals surface area contributed by atoms with Crippen molar-refractivity contribution in [3.63, 3.8) is 0 Å². The fourth-order valence-electron chi connectivity index (χ4n) is 2.77. The van der Waals surface area contributed by atoms with E-state index in [0.717, 1.165) is 17.6 Å². The van der Waals surface area contributed by atoms with E-state index in [1.165, 1.54) is 0 Å². The average molecular weight is 279 g/mol. The lowest BCUT2D eigenvalue weighted by Gasteiger charge is -2.28. The van der Waals surface area contributed by atoms with Gasteiger partial charge in [0.15, 0.2) is 0 Å². The molecule has 0 aliphatic carbocycles. The molecule has 2 rings (SSSR count). The molecule has 0 radical (unpaired) electrons. The molecule has 1 aliphatic heterocycles. The summed E-state index contributed by atoms with van der Waals surface area (Å²) in [5, 5.41) is 0. The largest absolute Gasteiger partial charge is 0.244 e. The topological polar surface area (TPSA) is 37.4 Å². The fraction of sp³-hybridized carbons (Fsp3) is 0.467. The van der Waals surface area contributed by atoms with Crippen LogP contribution in [-0.2, 0) is 10.0 Å². The van der Waals surface area contributed by atoms with Crippen molar-refractivity contribution in [3.05, 3.63) is 41.5 Å². The van der Waals surface area contributed by atoms with Gasteiger partial charge in [0.1, 0.15) is 0 Å². The Kier molecular flexibility index (Phi) is 3.83. The SMILES string of the molecule is CCC1C(C)=CC(C)N1S(=O)(=O)c1ccc(C)cc1. The molecule has 1 aromatic rings. The molecule has 0 fully saturated rings. The minimum Gasteiger partial charge on any atom is -0.207 e. The zero-order chi connectivity index (χ0) is 14.2. The molecule has 3 nitrogen and oxygen atoms in total. The molecule has 0 aromatic heterocycles. The molecule has 0 N–H and O–H groups in total. The van der Waals surface area contributed by atoms with Crippen LogP contribution in [0.3, 0.4) is 0 Å². The first-order valence-electron chi connectivity index (χ1n) is 6.66. The van der Waals surface area contributed by atoms with Crippen molar-refractivity contribution in [1.29, 1.82) is 0 Å². The summed E-state index contributed by atoms with van der Waals surface area (Å²) in [7, 11) is -3.42. The van der Waals surface area contributed by atoms with Crippen LogP contribution in [0, 0.1) is 6.92 Å². The molecular formula is C15H21NO2S. The molecule has 1 heterocycles. The van der Waals surface area contributed by atoms with Gasteiger partial charge in [-0.3, -0.25) is 0 Å². The smallest absolute Gasteiger partial charge is 0.207 e. The first-order valence-corrected chi connectivity index (χ1v) is 8.10. The van der Waals surface area contributed by atoms with Gasteiger partial charge in [0.05, 0.1) is 4.90 Å². The van der Waals surface area contributed by atoms with Crippen LogP contribution in [0.25, 0.3) is 0 Å². The summed E-state index contributed by atoms with van der Waals surface area (Å²) in [5.74, 6) is 0. The Labute approximate surface area is 116 Å². The molecule has 0 spiro atoms. The molecule has 2 unspecified atom stereocenters. The van der Waals surface area contributed by atoms with Crippen LogP contribution in [0.2, 0.25) is 0 Å². The van der Waals surface area contributed by atoms with Crippen LogP contribution in [0.4, 0.5) is 0 Å². The van der Waals surface area contributed by atoms with Gasteiger partial charge >= 0.3 is 0 Å². The lowest BCUT2D eigenvalue weighted by molar-refractivity contribution is 0.341. The van der Waals surface area contributed by atoms with E-state index in [-0.39, 0.29) is 12.1 Å². The lowest BCUT2D eigenvalue weighted by Crippen LogP contribution is -2.41. The van der Waals surface area contributed by atoms with Gasteiger partial charge < -0.3 is 0 Å². The maximum atomic E-state index is 12.8. The summed E-state index contributed by atoms with van der Waals surface area (Å²) in [6, 6.07) is 6.98. The first-order chi connectivity index (χ1) is 8.87. The number of hydrogen-bond donors (Lipinski definition) is 0. The standard InChI is InChI=1S/C15H21NO2S/c1-5-15-12(3)10-13(4)16(15)19(17,18)14-8-6-11(2)7-9-14/h6-10,13,15H,5H2,1-4H3. The average Bonchev–Trinajstić information content (AvgIpc) is 2.64. The maximum absolute atomic E-state index is 12.8. The zero-order valence-electron chi connectivity index (χ0n) is 11.9. The predicted molar refractivity (Wildman–Crippen MR) is 77.5 cm³/mol. The zero-order valence-corrected chi connectivity index (χ0v) is 12.7. The normalized spacial score (nSPS) is 24.5. The van der Waals surface area contributed by atoms with E-state index in [4.69, 9.17) is 0 Å². The van der Waals surface area contributed by atoms with E-state index in [9.17, 15) is 8.42 Å². The third kappa shape index (κ3) is 2.47. The first kappa shape index (κ1) is 14.3. The van der Waals surface area contributed by atoms with Crippen molar-refractivity contribution >= 4 is 10.0 Å². The molecule has 0 amide bonds. The van der Waals surface area contributed by atoms with Crippen LogP contribution in [0.1, 0.15) is 32.8 Å². The summed E-state index contributed by atoms with van der Waals surface area (Å²) in [4.78, 5) is 0.381. The fourth-order valence-corrected chi connectivity index (χ4v) is 4.64. The van der Waals surface area contributed by atoms with Crippen molar-refractivity contribution in [2.45, 2.75) is 51.1 Å². The number of nitrogens with zero attached hydrogens (tertiary/aromatic N) is 1. The van der Waals surface area contributed by atoms with Gasteiger partial charge in [0.25, 0.3) is 0 Å². The Morgan fingerprint density at radius 1 is 1.16 bits per heavy atom. The Hall–Kier alpha value is -1.13. The molecule has 0 saturated heterocycles. The van der Waals surface area contributed by atoms with Gasteiger partial charge in [0, 0.05) is 12.1 Å². The monoisotopic (exact) mass is 279 g/mol. The van der Waals surface area contributed by atoms with Crippen LogP contribution in [0.15, 0.2) is 40.8 Å². The Morgan fingerprint density at radius 3 is 2.26 bits per heavy atom. The van der Waals surface area contributed by atoms with Crippen LogP contribution in [0.5, 0.6) is 0 Å². The highest BCUT2D eigenvalue weighted by Gasteiger charge is 2.38. The van der Waals surface area contributed by atoms with Gasteiger partial charge in [-0.15, -0.1) is 0 Å². The van der Waals surface area contributed by atoms with Crippen LogP contribution >= 0.6 is 0 Å². The quantitative estimate of drug-likeness (QED) is 0.797. The van der Waals surface area contributed by atoms with Gasteiger partial charge in [-0.05, 0) is 39.3 Å². The Morgan fingerprint density at radius 2 is 1.74 bits per heavy atom. The molecule has 0 bridgehead atoms. The number of hydrogen-bond acceptors (Lipinski definition) is 2. The lowest BCUT2D eigenvalue weighted by atomic mass is 10.1. The number of aryl methyl sites for hydroxylation is 1. The molecule has 1 aliphatic rings. The van der Waals surface area contributed by atoms with E-state index in [2.05, 4.69) is 0 Å². The minimum atomic E-state index is -3.42. The Bertz CT molecular complexity index is 587. The Balaban J connectivity index is 2.42. The number of rotatable bonds is 3. The summed E-state index contributed by atoms with van der Waals surface area (Å²) < 4.78 is 27.2. The molecule has 19 heavy (non-hydrogen) atoms. The highest BCUT2D eigenvalue weighted by Crippen LogP contribution is 2.32. The molecule has 104 valence electrons. The highest BCUT2D eigenvalue weighted by molar-refractivity contribution is 7.89. The highest BCUT2D eigenvalue weighted by atomic mass is 32.2. The van der Waals surface area contributed by atoms with Crippen molar-refractivity contribution in [2.75, 3.05) is 0 Å². The van der Waals surface area contributed by atoms with Crippen molar-refractivity contribution in [1.82, 2.24) is 4.31 Å². The molecular weight excluding hydrogens is 258 g/mol. The number of sulfonamides is 1. The van der Waals surface area contributed by atoms with Crippen molar-refractivity contribution in [3.8, 4) is 0 Å². The van der Waals surface area contributed by atoms with E-state index in [1.807, 2.05) is 45.9 Å². The third-order valence-corrected chi connectivity index (χ3v) is 5.73. The van der Waals surface area contributed by atoms with E-state index < -0.39 is 10.0 Å². The van der Waals surface area contributed by atoms with Gasteiger partial charge in [-0.25, -0.2) is 8.42 Å². The molecule has 1 aromatic carbocycles. The van der Waals surface area contributed by atoms with Gasteiger partial charge in [-0.2, -0.15) is 4.31 Å². The van der Waals surface area contributed by atoms with E-state index >= 15 is 0 Å². The maximum Gasteiger partial charge on any atom is 0.244 e. The van der Waals surface area contributed by atoms with Gasteiger partial charge in [0.2, 0.25) is 10.0 Å². The van der Waals surface area contributed by atoms with Gasteiger partial charge in [-0.1, -0.05) is 36.3 Å². The predicted octanol–water partition coefficient (Wildman–Crippen LogP) is 3.11. The van der Waals surface area contributed by atoms with Crippen LogP contribution in [-0.4, -0.2) is 24.8 Å². The summed E-state index contributed by atoms with van der Waals surface area (Å²) in [5.41, 5.74) is 2.21. The summed E-state index contributed by atoms with van der Waals surface area (Å²) in [6.07, 6.45) is 2.84.